The second-order valence-corrected chi connectivity index (χ2v) is 7.31. The first-order valence-corrected chi connectivity index (χ1v) is 9.74. The average Bonchev–Trinajstić information content (AvgIpc) is 2.70. The maximum Gasteiger partial charge on any atom is 0.261 e. The molecule has 0 radical (unpaired) electrons. The first-order chi connectivity index (χ1) is 13.3. The van der Waals surface area contributed by atoms with Crippen LogP contribution >= 0.6 is 27.5 Å². The highest BCUT2D eigenvalue weighted by Crippen LogP contribution is 2.28. The molecule has 0 saturated heterocycles. The van der Waals surface area contributed by atoms with Crippen LogP contribution in [0.4, 0.5) is 0 Å². The van der Waals surface area contributed by atoms with Crippen molar-refractivity contribution in [3.05, 3.63) is 57.5 Å². The predicted molar refractivity (Wildman–Crippen MR) is 112 cm³/mol. The third-order valence-corrected chi connectivity index (χ3v) is 5.03. The monoisotopic (exact) mass is 468 g/mol. The molecule has 1 N–H and O–H groups in total. The minimum atomic E-state index is -0.656. The molecule has 2 aromatic rings. The Kier molecular flexibility index (Phi) is 8.14. The first-order valence-electron chi connectivity index (χ1n) is 8.57. The number of benzene rings is 2. The number of carbonyl (C=O) groups is 2. The quantitative estimate of drug-likeness (QED) is 0.641. The predicted octanol–water partition coefficient (Wildman–Crippen LogP) is 3.65. The molecule has 0 saturated carbocycles. The van der Waals surface area contributed by atoms with Crippen LogP contribution in [-0.2, 0) is 16.1 Å². The zero-order chi connectivity index (χ0) is 20.7. The normalized spacial score (nSPS) is 11.5. The van der Waals surface area contributed by atoms with E-state index in [9.17, 15) is 9.59 Å². The fraction of sp³-hybridized carbons (Fsp3) is 0.300. The molecular weight excluding hydrogens is 448 g/mol. The first kappa shape index (κ1) is 22.0. The van der Waals surface area contributed by atoms with Crippen molar-refractivity contribution < 1.29 is 19.1 Å². The van der Waals surface area contributed by atoms with Gasteiger partial charge in [0.15, 0.2) is 6.61 Å². The van der Waals surface area contributed by atoms with Crippen LogP contribution in [0.3, 0.4) is 0 Å². The minimum Gasteiger partial charge on any atom is -0.497 e. The van der Waals surface area contributed by atoms with E-state index in [2.05, 4.69) is 21.2 Å². The molecule has 0 bridgehead atoms. The average molecular weight is 470 g/mol. The Morgan fingerprint density at radius 1 is 1.21 bits per heavy atom. The summed E-state index contributed by atoms with van der Waals surface area (Å²) in [7, 11) is 3.13. The van der Waals surface area contributed by atoms with E-state index in [1.807, 2.05) is 24.3 Å². The summed E-state index contributed by atoms with van der Waals surface area (Å²) in [4.78, 5) is 26.4. The smallest absolute Gasteiger partial charge is 0.261 e. The van der Waals surface area contributed by atoms with Gasteiger partial charge in [0, 0.05) is 18.6 Å². The van der Waals surface area contributed by atoms with Gasteiger partial charge in [-0.3, -0.25) is 9.59 Å². The van der Waals surface area contributed by atoms with Crippen LogP contribution in [0, 0.1) is 0 Å². The van der Waals surface area contributed by atoms with Gasteiger partial charge in [0.2, 0.25) is 5.91 Å². The summed E-state index contributed by atoms with van der Waals surface area (Å²) in [5.41, 5.74) is 0.873. The number of halogens is 2. The fourth-order valence-electron chi connectivity index (χ4n) is 2.53. The zero-order valence-electron chi connectivity index (χ0n) is 15.9. The van der Waals surface area contributed by atoms with Crippen molar-refractivity contribution in [2.24, 2.45) is 0 Å². The lowest BCUT2D eigenvalue weighted by Crippen LogP contribution is -2.48. The zero-order valence-corrected chi connectivity index (χ0v) is 18.2. The van der Waals surface area contributed by atoms with Crippen molar-refractivity contribution in [3.8, 4) is 11.5 Å². The topological polar surface area (TPSA) is 67.9 Å². The Balaban J connectivity index is 2.14. The lowest BCUT2D eigenvalue weighted by Gasteiger charge is -2.28. The molecule has 1 atom stereocenters. The van der Waals surface area contributed by atoms with E-state index < -0.39 is 6.04 Å². The van der Waals surface area contributed by atoms with Crippen LogP contribution in [0.5, 0.6) is 11.5 Å². The van der Waals surface area contributed by atoms with Crippen LogP contribution in [0.1, 0.15) is 12.5 Å². The molecule has 0 aliphatic rings. The van der Waals surface area contributed by atoms with Crippen molar-refractivity contribution in [1.29, 1.82) is 0 Å². The number of nitrogens with one attached hydrogen (secondary N) is 1. The van der Waals surface area contributed by atoms with E-state index in [4.69, 9.17) is 21.1 Å². The maximum atomic E-state index is 12.8. The van der Waals surface area contributed by atoms with Crippen molar-refractivity contribution in [1.82, 2.24) is 10.2 Å². The molecule has 0 fully saturated rings. The Bertz CT molecular complexity index is 829. The Morgan fingerprint density at radius 2 is 1.89 bits per heavy atom. The van der Waals surface area contributed by atoms with E-state index in [0.29, 0.717) is 15.2 Å². The van der Waals surface area contributed by atoms with Crippen LogP contribution in [0.2, 0.25) is 5.02 Å². The number of hydrogen-bond acceptors (Lipinski definition) is 4. The van der Waals surface area contributed by atoms with Gasteiger partial charge in [0.25, 0.3) is 5.91 Å². The SMILES string of the molecule is CNC(=O)[C@H](C)N(Cc1ccc(OC)cc1)C(=O)COc1ccc(Cl)cc1Br. The van der Waals surface area contributed by atoms with E-state index in [0.717, 1.165) is 11.3 Å². The van der Waals surface area contributed by atoms with Gasteiger partial charge in [-0.05, 0) is 58.7 Å². The van der Waals surface area contributed by atoms with Crippen molar-refractivity contribution >= 4 is 39.3 Å². The summed E-state index contributed by atoms with van der Waals surface area (Å²) in [5, 5.41) is 3.13. The summed E-state index contributed by atoms with van der Waals surface area (Å²) < 4.78 is 11.4. The highest BCUT2D eigenvalue weighted by atomic mass is 79.9. The van der Waals surface area contributed by atoms with Gasteiger partial charge in [-0.1, -0.05) is 23.7 Å². The van der Waals surface area contributed by atoms with E-state index >= 15 is 0 Å². The summed E-state index contributed by atoms with van der Waals surface area (Å²) >= 11 is 9.27. The van der Waals surface area contributed by atoms with E-state index in [1.165, 1.54) is 11.9 Å². The third-order valence-electron chi connectivity index (χ3n) is 4.17. The lowest BCUT2D eigenvalue weighted by atomic mass is 10.1. The maximum absolute atomic E-state index is 12.8. The summed E-state index contributed by atoms with van der Waals surface area (Å²) in [5.74, 6) is 0.648. The molecule has 0 spiro atoms. The van der Waals surface area contributed by atoms with E-state index in [1.54, 1.807) is 32.2 Å². The summed E-state index contributed by atoms with van der Waals surface area (Å²) in [6.45, 7) is 1.73. The van der Waals surface area contributed by atoms with Gasteiger partial charge in [0.1, 0.15) is 17.5 Å². The highest BCUT2D eigenvalue weighted by Gasteiger charge is 2.26. The summed E-state index contributed by atoms with van der Waals surface area (Å²) in [6, 6.07) is 11.7. The number of amides is 2. The van der Waals surface area contributed by atoms with Crippen LogP contribution in [0.15, 0.2) is 46.9 Å². The van der Waals surface area contributed by atoms with Gasteiger partial charge >= 0.3 is 0 Å². The summed E-state index contributed by atoms with van der Waals surface area (Å²) in [6.07, 6.45) is 0. The van der Waals surface area contributed by atoms with Crippen molar-refractivity contribution in [3.63, 3.8) is 0 Å². The molecule has 2 amide bonds. The molecule has 0 heterocycles. The molecule has 8 heteroatoms. The van der Waals surface area contributed by atoms with Gasteiger partial charge in [-0.15, -0.1) is 0 Å². The Hall–Kier alpha value is -2.25. The van der Waals surface area contributed by atoms with Crippen LogP contribution in [0.25, 0.3) is 0 Å². The molecule has 150 valence electrons. The largest absolute Gasteiger partial charge is 0.497 e. The molecule has 28 heavy (non-hydrogen) atoms. The number of methoxy groups -OCH3 is 1. The molecule has 2 aromatic carbocycles. The van der Waals surface area contributed by atoms with Gasteiger partial charge in [-0.2, -0.15) is 0 Å². The van der Waals surface area contributed by atoms with E-state index in [-0.39, 0.29) is 25.0 Å². The number of hydrogen-bond donors (Lipinski definition) is 1. The Labute approximate surface area is 177 Å². The van der Waals surface area contributed by atoms with Gasteiger partial charge in [0.05, 0.1) is 11.6 Å². The Morgan fingerprint density at radius 3 is 2.46 bits per heavy atom. The van der Waals surface area contributed by atoms with Crippen LogP contribution < -0.4 is 14.8 Å². The molecular formula is C20H22BrClN2O4. The fourth-order valence-corrected chi connectivity index (χ4v) is 3.33. The third kappa shape index (κ3) is 5.87. The second-order valence-electron chi connectivity index (χ2n) is 6.02. The van der Waals surface area contributed by atoms with Crippen LogP contribution in [-0.4, -0.2) is 43.5 Å². The number of likely N-dealkylation sites (N-methyl/N-ethyl adjacent to an activating group) is 1. The standard InChI is InChI=1S/C20H22BrClN2O4/c1-13(20(26)23-2)24(11-14-4-7-16(27-3)8-5-14)19(25)12-28-18-9-6-15(22)10-17(18)21/h4-10,13H,11-12H2,1-3H3,(H,23,26)/t13-/m0/s1. The lowest BCUT2D eigenvalue weighted by molar-refractivity contribution is -0.142. The highest BCUT2D eigenvalue weighted by molar-refractivity contribution is 9.10. The van der Waals surface area contributed by atoms with Gasteiger partial charge in [-0.25, -0.2) is 0 Å². The number of nitrogens with zero attached hydrogens (tertiary/aromatic N) is 1. The minimum absolute atomic E-state index is 0.211. The molecule has 0 unspecified atom stereocenters. The van der Waals surface area contributed by atoms with Gasteiger partial charge < -0.3 is 19.7 Å². The number of rotatable bonds is 8. The molecule has 0 aliphatic heterocycles. The van der Waals surface area contributed by atoms with Crippen molar-refractivity contribution in [2.45, 2.75) is 19.5 Å². The second kappa shape index (κ2) is 10.3. The number of carbonyl (C=O) groups excluding carboxylic acids is 2. The molecule has 0 aromatic heterocycles. The molecule has 6 nitrogen and oxygen atoms in total. The molecule has 2 rings (SSSR count). The number of ether oxygens (including phenoxy) is 2. The van der Waals surface area contributed by atoms with Crippen molar-refractivity contribution in [2.75, 3.05) is 20.8 Å². The molecule has 0 aliphatic carbocycles.